The van der Waals surface area contributed by atoms with Gasteiger partial charge in [-0.3, -0.25) is 9.69 Å². The summed E-state index contributed by atoms with van der Waals surface area (Å²) in [7, 11) is 0. The molecular formula is C12H20F3NO. The zero-order valence-electron chi connectivity index (χ0n) is 10.2. The van der Waals surface area contributed by atoms with Gasteiger partial charge in [0.2, 0.25) is 0 Å². The molecule has 0 aromatic heterocycles. The Morgan fingerprint density at radius 2 is 2.06 bits per heavy atom. The van der Waals surface area contributed by atoms with Gasteiger partial charge in [0.05, 0.1) is 6.54 Å². The predicted molar refractivity (Wildman–Crippen MR) is 59.8 cm³/mol. The van der Waals surface area contributed by atoms with E-state index in [4.69, 9.17) is 0 Å². The van der Waals surface area contributed by atoms with Crippen LogP contribution < -0.4 is 0 Å². The lowest BCUT2D eigenvalue weighted by Crippen LogP contribution is -2.36. The van der Waals surface area contributed by atoms with E-state index in [2.05, 4.69) is 0 Å². The highest BCUT2D eigenvalue weighted by Crippen LogP contribution is 2.25. The van der Waals surface area contributed by atoms with Gasteiger partial charge in [-0.2, -0.15) is 13.2 Å². The van der Waals surface area contributed by atoms with Crippen LogP contribution in [0.4, 0.5) is 13.2 Å². The van der Waals surface area contributed by atoms with E-state index in [9.17, 15) is 18.0 Å². The van der Waals surface area contributed by atoms with E-state index in [1.54, 1.807) is 0 Å². The summed E-state index contributed by atoms with van der Waals surface area (Å²) in [5.41, 5.74) is 0. The van der Waals surface area contributed by atoms with E-state index >= 15 is 0 Å². The normalized spacial score (nSPS) is 21.5. The van der Waals surface area contributed by atoms with E-state index in [1.807, 2.05) is 6.92 Å². The molecule has 1 fully saturated rings. The average Bonchev–Trinajstić information content (AvgIpc) is 2.59. The van der Waals surface area contributed by atoms with Crippen LogP contribution in [0.15, 0.2) is 0 Å². The van der Waals surface area contributed by atoms with Crippen LogP contribution in [0.5, 0.6) is 0 Å². The molecular weight excluding hydrogens is 231 g/mol. The number of halogens is 3. The summed E-state index contributed by atoms with van der Waals surface area (Å²) in [6.07, 6.45) is -0.502. The quantitative estimate of drug-likeness (QED) is 0.723. The molecule has 0 aromatic rings. The Kier molecular flexibility index (Phi) is 5.43. The summed E-state index contributed by atoms with van der Waals surface area (Å²) in [6, 6.07) is 0. The standard InChI is InChI=1S/C12H20F3NO/c1-2-7-16(9-12(13,14)15)8-6-10-4-3-5-11(10)17/h10H,2-9H2,1H3. The SMILES string of the molecule is CCCN(CCC1CCCC1=O)CC(F)(F)F. The van der Waals surface area contributed by atoms with Crippen LogP contribution in [-0.4, -0.2) is 36.5 Å². The lowest BCUT2D eigenvalue weighted by Gasteiger charge is -2.24. The lowest BCUT2D eigenvalue weighted by atomic mass is 10.0. The molecule has 17 heavy (non-hydrogen) atoms. The van der Waals surface area contributed by atoms with E-state index in [0.29, 0.717) is 32.4 Å². The van der Waals surface area contributed by atoms with E-state index in [-0.39, 0.29) is 11.7 Å². The van der Waals surface area contributed by atoms with Crippen LogP contribution in [0.25, 0.3) is 0 Å². The summed E-state index contributed by atoms with van der Waals surface area (Å²) in [6.45, 7) is 1.83. The third-order valence-electron chi connectivity index (χ3n) is 3.17. The molecule has 1 atom stereocenters. The Hall–Kier alpha value is -0.580. The molecule has 0 aromatic carbocycles. The Morgan fingerprint density at radius 3 is 2.53 bits per heavy atom. The Morgan fingerprint density at radius 1 is 1.35 bits per heavy atom. The third kappa shape index (κ3) is 5.52. The van der Waals surface area contributed by atoms with Gasteiger partial charge < -0.3 is 0 Å². The zero-order chi connectivity index (χ0) is 12.9. The lowest BCUT2D eigenvalue weighted by molar-refractivity contribution is -0.146. The summed E-state index contributed by atoms with van der Waals surface area (Å²) in [4.78, 5) is 12.8. The number of nitrogens with zero attached hydrogens (tertiary/aromatic N) is 1. The molecule has 1 aliphatic carbocycles. The fraction of sp³-hybridized carbons (Fsp3) is 0.917. The van der Waals surface area contributed by atoms with Gasteiger partial charge in [-0.1, -0.05) is 6.92 Å². The van der Waals surface area contributed by atoms with Crippen molar-refractivity contribution in [1.29, 1.82) is 0 Å². The highest BCUT2D eigenvalue weighted by molar-refractivity contribution is 5.82. The maximum atomic E-state index is 12.3. The fourth-order valence-corrected chi connectivity index (χ4v) is 2.37. The molecule has 0 spiro atoms. The highest BCUT2D eigenvalue weighted by Gasteiger charge is 2.31. The van der Waals surface area contributed by atoms with Crippen molar-refractivity contribution >= 4 is 5.78 Å². The predicted octanol–water partition coefficient (Wildman–Crippen LogP) is 3.02. The fourth-order valence-electron chi connectivity index (χ4n) is 2.37. The van der Waals surface area contributed by atoms with E-state index in [1.165, 1.54) is 4.90 Å². The number of rotatable bonds is 6. The van der Waals surface area contributed by atoms with Crippen molar-refractivity contribution in [2.75, 3.05) is 19.6 Å². The van der Waals surface area contributed by atoms with Crippen molar-refractivity contribution < 1.29 is 18.0 Å². The van der Waals surface area contributed by atoms with Crippen molar-refractivity contribution in [3.63, 3.8) is 0 Å². The summed E-state index contributed by atoms with van der Waals surface area (Å²) in [5, 5.41) is 0. The maximum Gasteiger partial charge on any atom is 0.401 e. The topological polar surface area (TPSA) is 20.3 Å². The number of alkyl halides is 3. The molecule has 0 N–H and O–H groups in total. The van der Waals surface area contributed by atoms with Crippen LogP contribution in [0.2, 0.25) is 0 Å². The summed E-state index contributed by atoms with van der Waals surface area (Å²) in [5.74, 6) is 0.232. The summed E-state index contributed by atoms with van der Waals surface area (Å²) >= 11 is 0. The van der Waals surface area contributed by atoms with Crippen molar-refractivity contribution in [1.82, 2.24) is 4.90 Å². The Balaban J connectivity index is 2.35. The third-order valence-corrected chi connectivity index (χ3v) is 3.17. The van der Waals surface area contributed by atoms with Crippen LogP contribution in [0.1, 0.15) is 39.0 Å². The molecule has 0 bridgehead atoms. The minimum absolute atomic E-state index is 0.00240. The number of hydrogen-bond donors (Lipinski definition) is 0. The average molecular weight is 251 g/mol. The van der Waals surface area contributed by atoms with Gasteiger partial charge >= 0.3 is 6.18 Å². The Labute approximate surface area is 100 Å². The van der Waals surface area contributed by atoms with Gasteiger partial charge in [0.25, 0.3) is 0 Å². The molecule has 1 saturated carbocycles. The highest BCUT2D eigenvalue weighted by atomic mass is 19.4. The van der Waals surface area contributed by atoms with E-state index < -0.39 is 12.7 Å². The largest absolute Gasteiger partial charge is 0.401 e. The van der Waals surface area contributed by atoms with Crippen molar-refractivity contribution in [2.45, 2.75) is 45.2 Å². The minimum Gasteiger partial charge on any atom is -0.299 e. The number of Topliss-reactive ketones (excluding diaryl/α,β-unsaturated/α-hetero) is 1. The molecule has 0 heterocycles. The van der Waals surface area contributed by atoms with Gasteiger partial charge in [-0.25, -0.2) is 0 Å². The second-order valence-corrected chi connectivity index (χ2v) is 4.74. The van der Waals surface area contributed by atoms with Gasteiger partial charge in [0, 0.05) is 12.3 Å². The van der Waals surface area contributed by atoms with Crippen molar-refractivity contribution in [3.8, 4) is 0 Å². The first-order valence-corrected chi connectivity index (χ1v) is 6.24. The van der Waals surface area contributed by atoms with Crippen molar-refractivity contribution in [3.05, 3.63) is 0 Å². The second kappa shape index (κ2) is 6.38. The maximum absolute atomic E-state index is 12.3. The van der Waals surface area contributed by atoms with Gasteiger partial charge in [0.15, 0.2) is 0 Å². The van der Waals surface area contributed by atoms with Crippen molar-refractivity contribution in [2.24, 2.45) is 5.92 Å². The number of hydrogen-bond acceptors (Lipinski definition) is 2. The molecule has 5 heteroatoms. The smallest absolute Gasteiger partial charge is 0.299 e. The van der Waals surface area contributed by atoms with E-state index in [0.717, 1.165) is 12.8 Å². The Bertz CT molecular complexity index is 253. The van der Waals surface area contributed by atoms with Crippen LogP contribution in [-0.2, 0) is 4.79 Å². The second-order valence-electron chi connectivity index (χ2n) is 4.74. The molecule has 1 aliphatic rings. The molecule has 2 nitrogen and oxygen atoms in total. The molecule has 0 amide bonds. The molecule has 100 valence electrons. The first-order valence-electron chi connectivity index (χ1n) is 6.24. The zero-order valence-corrected chi connectivity index (χ0v) is 10.2. The number of carbonyl (C=O) groups is 1. The minimum atomic E-state index is -4.14. The number of ketones is 1. The van der Waals surface area contributed by atoms with Gasteiger partial charge in [-0.15, -0.1) is 0 Å². The monoisotopic (exact) mass is 251 g/mol. The molecule has 1 rings (SSSR count). The molecule has 1 unspecified atom stereocenters. The number of carbonyl (C=O) groups excluding carboxylic acids is 1. The summed E-state index contributed by atoms with van der Waals surface area (Å²) < 4.78 is 36.9. The molecule has 0 aliphatic heterocycles. The first kappa shape index (κ1) is 14.5. The first-order chi connectivity index (χ1) is 7.92. The van der Waals surface area contributed by atoms with Crippen LogP contribution in [0, 0.1) is 5.92 Å². The molecule has 0 saturated heterocycles. The van der Waals surface area contributed by atoms with Crippen LogP contribution >= 0.6 is 0 Å². The molecule has 0 radical (unpaired) electrons. The van der Waals surface area contributed by atoms with Crippen LogP contribution in [0.3, 0.4) is 0 Å². The van der Waals surface area contributed by atoms with Gasteiger partial charge in [-0.05, 0) is 38.8 Å². The van der Waals surface area contributed by atoms with Gasteiger partial charge in [0.1, 0.15) is 5.78 Å².